The van der Waals surface area contributed by atoms with E-state index in [-0.39, 0.29) is 12.0 Å². The van der Waals surface area contributed by atoms with Gasteiger partial charge in [0.15, 0.2) is 0 Å². The van der Waals surface area contributed by atoms with E-state index in [2.05, 4.69) is 17.6 Å². The lowest BCUT2D eigenvalue weighted by Crippen LogP contribution is -2.29. The van der Waals surface area contributed by atoms with E-state index in [1.807, 2.05) is 18.2 Å². The fourth-order valence-electron chi connectivity index (χ4n) is 2.18. The number of amides is 1. The molecule has 104 valence electrons. The molecule has 1 amide bonds. The zero-order chi connectivity index (χ0) is 13.3. The van der Waals surface area contributed by atoms with Gasteiger partial charge in [-0.15, -0.1) is 0 Å². The monoisotopic (exact) mass is 279 g/mol. The Hall–Kier alpha value is -1.00. The standard InChI is InChI=1S/C15H21NO2S/c17-15(16-18-14-8-4-5-9-14)12-19-11-10-13-6-2-1-3-7-13/h1-3,6-7,14H,4-5,8-12H2,(H,16,17). The number of hydrogen-bond donors (Lipinski definition) is 1. The molecule has 1 N–H and O–H groups in total. The van der Waals surface area contributed by atoms with Crippen LogP contribution in [0.25, 0.3) is 0 Å². The van der Waals surface area contributed by atoms with Crippen molar-refractivity contribution in [1.29, 1.82) is 0 Å². The van der Waals surface area contributed by atoms with Gasteiger partial charge in [-0.25, -0.2) is 5.48 Å². The van der Waals surface area contributed by atoms with E-state index in [0.717, 1.165) is 25.0 Å². The third-order valence-electron chi connectivity index (χ3n) is 3.25. The summed E-state index contributed by atoms with van der Waals surface area (Å²) in [5, 5.41) is 0. The molecule has 0 aliphatic heterocycles. The molecule has 0 heterocycles. The second kappa shape index (κ2) is 8.23. The molecule has 0 saturated heterocycles. The summed E-state index contributed by atoms with van der Waals surface area (Å²) in [6, 6.07) is 10.3. The Labute approximate surface area is 119 Å². The van der Waals surface area contributed by atoms with Gasteiger partial charge in [0.05, 0.1) is 11.9 Å². The average Bonchev–Trinajstić information content (AvgIpc) is 2.96. The third-order valence-corrected chi connectivity index (χ3v) is 4.21. The van der Waals surface area contributed by atoms with Crippen molar-refractivity contribution in [3.8, 4) is 0 Å². The van der Waals surface area contributed by atoms with E-state index in [1.165, 1.54) is 18.4 Å². The van der Waals surface area contributed by atoms with Gasteiger partial charge in [0.2, 0.25) is 0 Å². The van der Waals surface area contributed by atoms with Gasteiger partial charge in [-0.3, -0.25) is 9.63 Å². The molecular weight excluding hydrogens is 258 g/mol. The number of nitrogens with one attached hydrogen (secondary N) is 1. The van der Waals surface area contributed by atoms with Crippen molar-refractivity contribution in [1.82, 2.24) is 5.48 Å². The number of hydrogen-bond acceptors (Lipinski definition) is 3. The van der Waals surface area contributed by atoms with Gasteiger partial charge in [0.1, 0.15) is 0 Å². The van der Waals surface area contributed by atoms with E-state index in [9.17, 15) is 4.79 Å². The van der Waals surface area contributed by atoms with Crippen molar-refractivity contribution < 1.29 is 9.63 Å². The zero-order valence-electron chi connectivity index (χ0n) is 11.1. The average molecular weight is 279 g/mol. The first kappa shape index (κ1) is 14.4. The smallest absolute Gasteiger partial charge is 0.253 e. The Balaban J connectivity index is 1.51. The summed E-state index contributed by atoms with van der Waals surface area (Å²) >= 11 is 1.65. The molecule has 1 aliphatic rings. The van der Waals surface area contributed by atoms with Gasteiger partial charge < -0.3 is 0 Å². The maximum Gasteiger partial charge on any atom is 0.253 e. The molecule has 4 heteroatoms. The van der Waals surface area contributed by atoms with Crippen LogP contribution in [-0.4, -0.2) is 23.5 Å². The first-order chi connectivity index (χ1) is 9.34. The van der Waals surface area contributed by atoms with Crippen LogP contribution in [0.4, 0.5) is 0 Å². The minimum absolute atomic E-state index is 0.0232. The van der Waals surface area contributed by atoms with Crippen molar-refractivity contribution in [2.45, 2.75) is 38.2 Å². The molecule has 3 nitrogen and oxygen atoms in total. The predicted octanol–water partition coefficient (Wildman–Crippen LogP) is 2.95. The molecule has 1 aromatic rings. The van der Waals surface area contributed by atoms with Crippen LogP contribution >= 0.6 is 11.8 Å². The van der Waals surface area contributed by atoms with E-state index in [1.54, 1.807) is 11.8 Å². The van der Waals surface area contributed by atoms with Gasteiger partial charge in [-0.05, 0) is 30.6 Å². The third kappa shape index (κ3) is 5.66. The minimum atomic E-state index is -0.0232. The molecular formula is C15H21NO2S. The lowest BCUT2D eigenvalue weighted by molar-refractivity contribution is -0.135. The van der Waals surface area contributed by atoms with Crippen LogP contribution in [-0.2, 0) is 16.1 Å². The first-order valence-corrected chi connectivity index (χ1v) is 8.06. The summed E-state index contributed by atoms with van der Waals surface area (Å²) in [5.74, 6) is 1.41. The lowest BCUT2D eigenvalue weighted by atomic mass is 10.2. The molecule has 0 atom stereocenters. The van der Waals surface area contributed by atoms with Crippen LogP contribution in [0.15, 0.2) is 30.3 Å². The highest BCUT2D eigenvalue weighted by Crippen LogP contribution is 2.19. The van der Waals surface area contributed by atoms with Gasteiger partial charge >= 0.3 is 0 Å². The van der Waals surface area contributed by atoms with Crippen LogP contribution in [0.5, 0.6) is 0 Å². The number of aryl methyl sites for hydroxylation is 1. The number of thioether (sulfide) groups is 1. The Morgan fingerprint density at radius 1 is 1.26 bits per heavy atom. The summed E-state index contributed by atoms with van der Waals surface area (Å²) in [5.41, 5.74) is 3.88. The topological polar surface area (TPSA) is 38.3 Å². The molecule has 1 aromatic carbocycles. The van der Waals surface area contributed by atoms with Crippen LogP contribution in [0.2, 0.25) is 0 Å². The van der Waals surface area contributed by atoms with Crippen LogP contribution in [0.3, 0.4) is 0 Å². The summed E-state index contributed by atoms with van der Waals surface area (Å²) in [6.07, 6.45) is 5.81. The molecule has 0 bridgehead atoms. The van der Waals surface area contributed by atoms with Crippen molar-refractivity contribution in [3.05, 3.63) is 35.9 Å². The molecule has 0 aromatic heterocycles. The summed E-state index contributed by atoms with van der Waals surface area (Å²) < 4.78 is 0. The number of carbonyl (C=O) groups is 1. The van der Waals surface area contributed by atoms with Crippen LogP contribution < -0.4 is 5.48 Å². The Morgan fingerprint density at radius 2 is 2.00 bits per heavy atom. The highest BCUT2D eigenvalue weighted by atomic mass is 32.2. The maximum absolute atomic E-state index is 11.6. The van der Waals surface area contributed by atoms with E-state index in [0.29, 0.717) is 5.75 Å². The first-order valence-electron chi connectivity index (χ1n) is 6.91. The van der Waals surface area contributed by atoms with Gasteiger partial charge in [0, 0.05) is 0 Å². The van der Waals surface area contributed by atoms with Crippen molar-refractivity contribution in [2.24, 2.45) is 0 Å². The number of hydroxylamine groups is 1. The quantitative estimate of drug-likeness (QED) is 0.616. The zero-order valence-corrected chi connectivity index (χ0v) is 12.0. The summed E-state index contributed by atoms with van der Waals surface area (Å²) in [7, 11) is 0. The lowest BCUT2D eigenvalue weighted by Gasteiger charge is -2.11. The highest BCUT2D eigenvalue weighted by molar-refractivity contribution is 7.99. The Bertz CT molecular complexity index is 377. The predicted molar refractivity (Wildman–Crippen MR) is 79.0 cm³/mol. The fraction of sp³-hybridized carbons (Fsp3) is 0.533. The summed E-state index contributed by atoms with van der Waals surface area (Å²) in [6.45, 7) is 0. The van der Waals surface area contributed by atoms with Crippen LogP contribution in [0, 0.1) is 0 Å². The molecule has 1 saturated carbocycles. The van der Waals surface area contributed by atoms with Gasteiger partial charge in [0.25, 0.3) is 5.91 Å². The number of carbonyl (C=O) groups excluding carboxylic acids is 1. The van der Waals surface area contributed by atoms with E-state index in [4.69, 9.17) is 4.84 Å². The fourth-order valence-corrected chi connectivity index (χ4v) is 2.95. The van der Waals surface area contributed by atoms with Gasteiger partial charge in [-0.1, -0.05) is 43.2 Å². The second-order valence-electron chi connectivity index (χ2n) is 4.84. The molecule has 1 aliphatic carbocycles. The van der Waals surface area contributed by atoms with Crippen LogP contribution in [0.1, 0.15) is 31.2 Å². The maximum atomic E-state index is 11.6. The van der Waals surface area contributed by atoms with Crippen molar-refractivity contribution in [2.75, 3.05) is 11.5 Å². The number of benzene rings is 1. The molecule has 2 rings (SSSR count). The largest absolute Gasteiger partial charge is 0.272 e. The minimum Gasteiger partial charge on any atom is -0.272 e. The highest BCUT2D eigenvalue weighted by Gasteiger charge is 2.16. The molecule has 0 unspecified atom stereocenters. The number of rotatable bonds is 7. The SMILES string of the molecule is O=C(CSCCc1ccccc1)NOC1CCCC1. The normalized spacial score (nSPS) is 15.6. The van der Waals surface area contributed by atoms with Gasteiger partial charge in [-0.2, -0.15) is 11.8 Å². The molecule has 0 radical (unpaired) electrons. The van der Waals surface area contributed by atoms with Crippen molar-refractivity contribution >= 4 is 17.7 Å². The van der Waals surface area contributed by atoms with Crippen molar-refractivity contribution in [3.63, 3.8) is 0 Å². The second-order valence-corrected chi connectivity index (χ2v) is 5.94. The Morgan fingerprint density at radius 3 is 2.74 bits per heavy atom. The molecule has 0 spiro atoms. The van der Waals surface area contributed by atoms with E-state index >= 15 is 0 Å². The van der Waals surface area contributed by atoms with E-state index < -0.39 is 0 Å². The molecule has 19 heavy (non-hydrogen) atoms. The molecule has 1 fully saturated rings. The summed E-state index contributed by atoms with van der Waals surface area (Å²) in [4.78, 5) is 16.9. The Kier molecular flexibility index (Phi) is 6.24.